The van der Waals surface area contributed by atoms with Gasteiger partial charge in [-0.15, -0.1) is 0 Å². The molecule has 5 nitrogen and oxygen atoms in total. The van der Waals surface area contributed by atoms with Crippen LogP contribution in [0.3, 0.4) is 0 Å². The quantitative estimate of drug-likeness (QED) is 0.834. The molecule has 1 fully saturated rings. The Labute approximate surface area is 175 Å². The first kappa shape index (κ1) is 21.3. The number of hydrogen-bond donors (Lipinski definition) is 1. The molecule has 0 bridgehead atoms. The number of carbonyl (C=O) groups excluding carboxylic acids is 1. The molecule has 2 heterocycles. The van der Waals surface area contributed by atoms with Crippen molar-refractivity contribution in [2.24, 2.45) is 5.41 Å². The number of piperazine rings is 1. The summed E-state index contributed by atoms with van der Waals surface area (Å²) in [4.78, 5) is 21.7. The van der Waals surface area contributed by atoms with Gasteiger partial charge in [0.25, 0.3) is 0 Å². The molecule has 0 atom stereocenters. The molecule has 1 aromatic carbocycles. The number of nitrogens with one attached hydrogen (secondary N) is 1. The summed E-state index contributed by atoms with van der Waals surface area (Å²) >= 11 is 0. The van der Waals surface area contributed by atoms with E-state index < -0.39 is 0 Å². The molecule has 1 aliphatic rings. The summed E-state index contributed by atoms with van der Waals surface area (Å²) < 4.78 is 0. The Morgan fingerprint density at radius 2 is 1.79 bits per heavy atom. The molecule has 2 aromatic rings. The smallest absolute Gasteiger partial charge is 0.225 e. The average molecular weight is 395 g/mol. The molecule has 29 heavy (non-hydrogen) atoms. The molecular formula is C24H34N4O. The highest BCUT2D eigenvalue weighted by Crippen LogP contribution is 2.23. The van der Waals surface area contributed by atoms with Gasteiger partial charge < -0.3 is 10.2 Å². The van der Waals surface area contributed by atoms with Gasteiger partial charge in [0.05, 0.1) is 0 Å². The zero-order valence-corrected chi connectivity index (χ0v) is 18.4. The number of anilines is 1. The predicted octanol–water partition coefficient (Wildman–Crippen LogP) is 3.94. The highest BCUT2D eigenvalue weighted by Gasteiger charge is 2.21. The van der Waals surface area contributed by atoms with Crippen LogP contribution >= 0.6 is 0 Å². The minimum Gasteiger partial charge on any atom is -0.354 e. The van der Waals surface area contributed by atoms with Crippen LogP contribution in [-0.2, 0) is 11.3 Å². The summed E-state index contributed by atoms with van der Waals surface area (Å²) in [5.41, 5.74) is 2.93. The Kier molecular flexibility index (Phi) is 6.58. The molecule has 1 amide bonds. The van der Waals surface area contributed by atoms with E-state index in [1.54, 1.807) is 0 Å². The Bertz CT molecular complexity index is 816. The van der Waals surface area contributed by atoms with Gasteiger partial charge in [-0.05, 0) is 43.2 Å². The Hall–Kier alpha value is -2.40. The Morgan fingerprint density at radius 1 is 1.07 bits per heavy atom. The molecule has 0 spiro atoms. The van der Waals surface area contributed by atoms with E-state index in [1.165, 1.54) is 0 Å². The van der Waals surface area contributed by atoms with E-state index in [-0.39, 0.29) is 11.3 Å². The van der Waals surface area contributed by atoms with Gasteiger partial charge in [0.15, 0.2) is 0 Å². The van der Waals surface area contributed by atoms with Crippen LogP contribution in [0, 0.1) is 5.41 Å². The lowest BCUT2D eigenvalue weighted by molar-refractivity contribution is -0.128. The maximum atomic E-state index is 12.1. The molecule has 1 aliphatic heterocycles. The van der Waals surface area contributed by atoms with Crippen molar-refractivity contribution in [1.82, 2.24) is 15.2 Å². The van der Waals surface area contributed by atoms with Crippen molar-refractivity contribution >= 4 is 11.7 Å². The molecule has 0 aliphatic carbocycles. The SMILES string of the molecule is CC(C)N1CCN(c2ccc(-c3cccc(CNC(=O)C(C)(C)C)c3)cn2)CC1. The first-order valence-corrected chi connectivity index (χ1v) is 10.6. The van der Waals surface area contributed by atoms with Gasteiger partial charge in [-0.3, -0.25) is 9.69 Å². The summed E-state index contributed by atoms with van der Waals surface area (Å²) in [5, 5.41) is 3.02. The number of hydrogen-bond acceptors (Lipinski definition) is 4. The zero-order chi connectivity index (χ0) is 21.0. The van der Waals surface area contributed by atoms with E-state index in [2.05, 4.69) is 53.2 Å². The third kappa shape index (κ3) is 5.57. The van der Waals surface area contributed by atoms with E-state index >= 15 is 0 Å². The maximum absolute atomic E-state index is 12.1. The van der Waals surface area contributed by atoms with Crippen LogP contribution in [0.15, 0.2) is 42.6 Å². The maximum Gasteiger partial charge on any atom is 0.225 e. The van der Waals surface area contributed by atoms with Crippen LogP contribution in [0.25, 0.3) is 11.1 Å². The van der Waals surface area contributed by atoms with Crippen molar-refractivity contribution in [1.29, 1.82) is 0 Å². The fourth-order valence-electron chi connectivity index (χ4n) is 3.52. The fraction of sp³-hybridized carbons (Fsp3) is 0.500. The first-order valence-electron chi connectivity index (χ1n) is 10.6. The minimum atomic E-state index is -0.377. The Balaban J connectivity index is 1.64. The van der Waals surface area contributed by atoms with Crippen LogP contribution in [0.5, 0.6) is 0 Å². The van der Waals surface area contributed by atoms with Gasteiger partial charge in [-0.2, -0.15) is 0 Å². The second-order valence-corrected chi connectivity index (χ2v) is 9.15. The molecule has 1 saturated heterocycles. The fourth-order valence-corrected chi connectivity index (χ4v) is 3.52. The van der Waals surface area contributed by atoms with Crippen LogP contribution in [0.2, 0.25) is 0 Å². The highest BCUT2D eigenvalue weighted by atomic mass is 16.2. The molecule has 0 radical (unpaired) electrons. The van der Waals surface area contributed by atoms with Crippen LogP contribution in [-0.4, -0.2) is 48.0 Å². The van der Waals surface area contributed by atoms with Gasteiger partial charge >= 0.3 is 0 Å². The molecule has 1 N–H and O–H groups in total. The Morgan fingerprint density at radius 3 is 2.38 bits per heavy atom. The van der Waals surface area contributed by atoms with Crippen molar-refractivity contribution in [3.8, 4) is 11.1 Å². The van der Waals surface area contributed by atoms with Crippen LogP contribution < -0.4 is 10.2 Å². The largest absolute Gasteiger partial charge is 0.354 e. The number of pyridine rings is 1. The summed E-state index contributed by atoms with van der Waals surface area (Å²) in [6.07, 6.45) is 1.96. The molecule has 0 saturated carbocycles. The number of rotatable bonds is 5. The second-order valence-electron chi connectivity index (χ2n) is 9.15. The van der Waals surface area contributed by atoms with E-state index in [4.69, 9.17) is 4.98 Å². The summed E-state index contributed by atoms with van der Waals surface area (Å²) in [7, 11) is 0. The second kappa shape index (κ2) is 8.95. The summed E-state index contributed by atoms with van der Waals surface area (Å²) in [6.45, 7) is 15.0. The average Bonchev–Trinajstić information content (AvgIpc) is 2.71. The standard InChI is InChI=1S/C24H34N4O/c1-18(2)27-11-13-28(14-12-27)22-10-9-21(17-25-22)20-8-6-7-19(15-20)16-26-23(29)24(3,4)5/h6-10,15,17-18H,11-14,16H2,1-5H3,(H,26,29). The van der Waals surface area contributed by atoms with Gasteiger partial charge in [0, 0.05) is 55.9 Å². The number of benzene rings is 1. The van der Waals surface area contributed by atoms with Gasteiger partial charge in [-0.25, -0.2) is 4.98 Å². The molecule has 5 heteroatoms. The number of aromatic nitrogens is 1. The summed E-state index contributed by atoms with van der Waals surface area (Å²) in [6, 6.07) is 13.2. The van der Waals surface area contributed by atoms with Crippen molar-refractivity contribution in [2.75, 3.05) is 31.1 Å². The molecular weight excluding hydrogens is 360 g/mol. The minimum absolute atomic E-state index is 0.0616. The van der Waals surface area contributed by atoms with Gasteiger partial charge in [0.2, 0.25) is 5.91 Å². The molecule has 0 unspecified atom stereocenters. The molecule has 3 rings (SSSR count). The molecule has 156 valence electrons. The highest BCUT2D eigenvalue weighted by molar-refractivity contribution is 5.81. The van der Waals surface area contributed by atoms with E-state index in [0.717, 1.165) is 48.7 Å². The third-order valence-corrected chi connectivity index (χ3v) is 5.51. The first-order chi connectivity index (χ1) is 13.7. The lowest BCUT2D eigenvalue weighted by atomic mass is 9.95. The monoisotopic (exact) mass is 394 g/mol. The number of amides is 1. The number of carbonyl (C=O) groups is 1. The van der Waals surface area contributed by atoms with Crippen molar-refractivity contribution in [2.45, 2.75) is 47.2 Å². The molecule has 1 aromatic heterocycles. The normalized spacial score (nSPS) is 15.6. The zero-order valence-electron chi connectivity index (χ0n) is 18.4. The van der Waals surface area contributed by atoms with Gasteiger partial charge in [-0.1, -0.05) is 39.0 Å². The summed E-state index contributed by atoms with van der Waals surface area (Å²) in [5.74, 6) is 1.11. The van der Waals surface area contributed by atoms with Crippen LogP contribution in [0.1, 0.15) is 40.2 Å². The van der Waals surface area contributed by atoms with Gasteiger partial charge in [0.1, 0.15) is 5.82 Å². The predicted molar refractivity (Wildman–Crippen MR) is 120 cm³/mol. The lowest BCUT2D eigenvalue weighted by Gasteiger charge is -2.37. The topological polar surface area (TPSA) is 48.5 Å². The van der Waals surface area contributed by atoms with Crippen molar-refractivity contribution in [3.05, 3.63) is 48.2 Å². The van der Waals surface area contributed by atoms with Crippen LogP contribution in [0.4, 0.5) is 5.82 Å². The van der Waals surface area contributed by atoms with E-state index in [0.29, 0.717) is 12.6 Å². The number of nitrogens with zero attached hydrogens (tertiary/aromatic N) is 3. The van der Waals surface area contributed by atoms with Crippen molar-refractivity contribution in [3.63, 3.8) is 0 Å². The van der Waals surface area contributed by atoms with E-state index in [9.17, 15) is 4.79 Å². The van der Waals surface area contributed by atoms with E-state index in [1.807, 2.05) is 39.1 Å². The van der Waals surface area contributed by atoms with Crippen molar-refractivity contribution < 1.29 is 4.79 Å². The third-order valence-electron chi connectivity index (χ3n) is 5.51. The lowest BCUT2D eigenvalue weighted by Crippen LogP contribution is -2.49.